The fraction of sp³-hybridized carbons (Fsp3) is 0.222. The molecule has 1 saturated heterocycles. The molecule has 7 heteroatoms. The second-order valence-electron chi connectivity index (χ2n) is 8.29. The number of rotatable bonds is 6. The molecule has 5 rings (SSSR count). The zero-order valence-electron chi connectivity index (χ0n) is 19.1. The molecule has 0 aliphatic carbocycles. The van der Waals surface area contributed by atoms with E-state index < -0.39 is 0 Å². The molecule has 0 saturated carbocycles. The molecule has 0 N–H and O–H groups in total. The Hall–Kier alpha value is -4.13. The maximum absolute atomic E-state index is 13.7. The summed E-state index contributed by atoms with van der Waals surface area (Å²) in [6.07, 6.45) is 3.35. The number of anilines is 1. The average molecular weight is 455 g/mol. The second kappa shape index (κ2) is 9.39. The van der Waals surface area contributed by atoms with Crippen molar-refractivity contribution >= 4 is 23.1 Å². The van der Waals surface area contributed by atoms with E-state index in [1.54, 1.807) is 25.6 Å². The maximum Gasteiger partial charge on any atom is 0.278 e. The Bertz CT molecular complexity index is 1220. The van der Waals surface area contributed by atoms with E-state index in [9.17, 15) is 9.59 Å². The normalized spacial score (nSPS) is 16.4. The summed E-state index contributed by atoms with van der Waals surface area (Å²) in [5.74, 6) is -0.0101. The highest BCUT2D eigenvalue weighted by atomic mass is 16.5. The molecule has 1 fully saturated rings. The molecule has 3 heterocycles. The van der Waals surface area contributed by atoms with Gasteiger partial charge in [0.25, 0.3) is 11.8 Å². The quantitative estimate of drug-likeness (QED) is 0.533. The Morgan fingerprint density at radius 3 is 2.24 bits per heavy atom. The van der Waals surface area contributed by atoms with Crippen molar-refractivity contribution in [3.63, 3.8) is 0 Å². The molecular weight excluding hydrogens is 428 g/mol. The highest BCUT2D eigenvalue weighted by molar-refractivity contribution is 6.35. The third kappa shape index (κ3) is 4.01. The van der Waals surface area contributed by atoms with Crippen LogP contribution in [0.1, 0.15) is 11.1 Å². The van der Waals surface area contributed by atoms with Gasteiger partial charge in [-0.3, -0.25) is 19.5 Å². The number of hydrogen-bond donors (Lipinski definition) is 0. The third-order valence-corrected chi connectivity index (χ3v) is 6.30. The summed E-state index contributed by atoms with van der Waals surface area (Å²) < 4.78 is 5.55. The summed E-state index contributed by atoms with van der Waals surface area (Å²) >= 11 is 0. The number of amides is 2. The van der Waals surface area contributed by atoms with Crippen LogP contribution in [0.3, 0.4) is 0 Å². The van der Waals surface area contributed by atoms with Crippen molar-refractivity contribution in [1.29, 1.82) is 0 Å². The topological polar surface area (TPSA) is 66.0 Å². The lowest BCUT2D eigenvalue weighted by Gasteiger charge is -2.37. The van der Waals surface area contributed by atoms with Gasteiger partial charge in [0, 0.05) is 49.8 Å². The smallest absolute Gasteiger partial charge is 0.278 e. The number of imide groups is 1. The minimum absolute atomic E-state index is 0.178. The lowest BCUT2D eigenvalue weighted by molar-refractivity contribution is -0.138. The molecule has 3 aromatic rings. The molecule has 34 heavy (non-hydrogen) atoms. The lowest BCUT2D eigenvalue weighted by atomic mass is 10.0. The van der Waals surface area contributed by atoms with Gasteiger partial charge in [0.1, 0.15) is 11.4 Å². The van der Waals surface area contributed by atoms with Gasteiger partial charge in [-0.2, -0.15) is 0 Å². The number of hydrogen-bond acceptors (Lipinski definition) is 6. The van der Waals surface area contributed by atoms with Crippen molar-refractivity contribution in [2.45, 2.75) is 6.54 Å². The Morgan fingerprint density at radius 1 is 0.824 bits per heavy atom. The standard InChI is InChI=1S/C27H26N4O3/c1-34-23-12-6-5-11-22(23)24-25(27(33)31(26(24)32)19-20-8-7-13-28-18-20)30-16-14-29(15-17-30)21-9-3-2-4-10-21/h2-13,18H,14-17,19H2,1H3. The van der Waals surface area contributed by atoms with Crippen LogP contribution in [0.2, 0.25) is 0 Å². The minimum Gasteiger partial charge on any atom is -0.496 e. The monoisotopic (exact) mass is 454 g/mol. The number of benzene rings is 2. The lowest BCUT2D eigenvalue weighted by Crippen LogP contribution is -2.47. The zero-order chi connectivity index (χ0) is 23.5. The molecule has 2 aliphatic rings. The number of nitrogens with zero attached hydrogens (tertiary/aromatic N) is 4. The van der Waals surface area contributed by atoms with Crippen LogP contribution in [-0.2, 0) is 16.1 Å². The first-order valence-electron chi connectivity index (χ1n) is 11.3. The Morgan fingerprint density at radius 2 is 1.53 bits per heavy atom. The highest BCUT2D eigenvalue weighted by Gasteiger charge is 2.43. The van der Waals surface area contributed by atoms with E-state index in [2.05, 4.69) is 22.0 Å². The van der Waals surface area contributed by atoms with E-state index in [1.165, 1.54) is 4.90 Å². The summed E-state index contributed by atoms with van der Waals surface area (Å²) in [6.45, 7) is 2.98. The molecule has 1 aromatic heterocycles. The van der Waals surface area contributed by atoms with E-state index in [-0.39, 0.29) is 18.4 Å². The summed E-state index contributed by atoms with van der Waals surface area (Å²) in [7, 11) is 1.58. The van der Waals surface area contributed by atoms with Crippen LogP contribution in [0.15, 0.2) is 84.8 Å². The van der Waals surface area contributed by atoms with Crippen LogP contribution in [0.25, 0.3) is 5.57 Å². The fourth-order valence-electron chi connectivity index (χ4n) is 4.60. The van der Waals surface area contributed by atoms with Crippen LogP contribution in [0, 0.1) is 0 Å². The average Bonchev–Trinajstić information content (AvgIpc) is 3.14. The molecule has 0 bridgehead atoms. The van der Waals surface area contributed by atoms with Gasteiger partial charge in [0.15, 0.2) is 0 Å². The second-order valence-corrected chi connectivity index (χ2v) is 8.29. The van der Waals surface area contributed by atoms with Gasteiger partial charge in [-0.15, -0.1) is 0 Å². The Kier molecular flexibility index (Phi) is 5.99. The van der Waals surface area contributed by atoms with Crippen molar-refractivity contribution in [2.24, 2.45) is 0 Å². The molecule has 2 amide bonds. The maximum atomic E-state index is 13.7. The third-order valence-electron chi connectivity index (χ3n) is 6.30. The van der Waals surface area contributed by atoms with Crippen molar-refractivity contribution < 1.29 is 14.3 Å². The molecule has 0 spiro atoms. The molecule has 0 unspecified atom stereocenters. The first-order chi connectivity index (χ1) is 16.7. The molecule has 0 atom stereocenters. The minimum atomic E-state index is -0.307. The van der Waals surface area contributed by atoms with Crippen molar-refractivity contribution in [3.05, 3.63) is 95.9 Å². The van der Waals surface area contributed by atoms with Crippen LogP contribution in [-0.4, -0.2) is 59.9 Å². The van der Waals surface area contributed by atoms with Crippen molar-refractivity contribution in [1.82, 2.24) is 14.8 Å². The molecule has 7 nitrogen and oxygen atoms in total. The van der Waals surface area contributed by atoms with Gasteiger partial charge in [-0.05, 0) is 29.8 Å². The number of aromatic nitrogens is 1. The summed E-state index contributed by atoms with van der Waals surface area (Å²) in [5, 5.41) is 0. The summed E-state index contributed by atoms with van der Waals surface area (Å²) in [6, 6.07) is 21.3. The number of piperazine rings is 1. The van der Waals surface area contributed by atoms with E-state index in [0.717, 1.165) is 24.3 Å². The summed E-state index contributed by atoms with van der Waals surface area (Å²) in [4.78, 5) is 37.1. The van der Waals surface area contributed by atoms with Crippen molar-refractivity contribution in [3.8, 4) is 5.75 Å². The molecule has 172 valence electrons. The van der Waals surface area contributed by atoms with E-state index >= 15 is 0 Å². The van der Waals surface area contributed by atoms with Crippen LogP contribution in [0.4, 0.5) is 5.69 Å². The molecular formula is C27H26N4O3. The van der Waals surface area contributed by atoms with Crippen LogP contribution < -0.4 is 9.64 Å². The van der Waals surface area contributed by atoms with Gasteiger partial charge in [-0.25, -0.2) is 0 Å². The van der Waals surface area contributed by atoms with Crippen LogP contribution >= 0.6 is 0 Å². The van der Waals surface area contributed by atoms with Gasteiger partial charge in [-0.1, -0.05) is 42.5 Å². The number of pyridine rings is 1. The fourth-order valence-corrected chi connectivity index (χ4v) is 4.60. The number of para-hydroxylation sites is 2. The largest absolute Gasteiger partial charge is 0.496 e. The number of methoxy groups -OCH3 is 1. The van der Waals surface area contributed by atoms with Gasteiger partial charge < -0.3 is 14.5 Å². The van der Waals surface area contributed by atoms with Gasteiger partial charge >= 0.3 is 0 Å². The molecule has 0 radical (unpaired) electrons. The first kappa shape index (κ1) is 21.7. The van der Waals surface area contributed by atoms with Gasteiger partial charge in [0.05, 0.1) is 19.2 Å². The summed E-state index contributed by atoms with van der Waals surface area (Å²) in [5.41, 5.74) is 3.45. The Balaban J connectivity index is 1.49. The Labute approximate surface area is 198 Å². The predicted molar refractivity (Wildman–Crippen MR) is 130 cm³/mol. The molecule has 2 aliphatic heterocycles. The zero-order valence-corrected chi connectivity index (χ0v) is 19.1. The van der Waals surface area contributed by atoms with E-state index in [4.69, 9.17) is 4.74 Å². The predicted octanol–water partition coefficient (Wildman–Crippen LogP) is 3.19. The van der Waals surface area contributed by atoms with Crippen LogP contribution in [0.5, 0.6) is 5.75 Å². The molecule has 2 aromatic carbocycles. The van der Waals surface area contributed by atoms with E-state index in [1.807, 2.05) is 53.4 Å². The number of carbonyl (C=O) groups excluding carboxylic acids is 2. The number of ether oxygens (including phenoxy) is 1. The SMILES string of the molecule is COc1ccccc1C1=C(N2CCN(c3ccccc3)CC2)C(=O)N(Cc2cccnc2)C1=O. The van der Waals surface area contributed by atoms with Gasteiger partial charge in [0.2, 0.25) is 0 Å². The van der Waals surface area contributed by atoms with E-state index in [0.29, 0.717) is 35.7 Å². The first-order valence-corrected chi connectivity index (χ1v) is 11.3. The highest BCUT2D eigenvalue weighted by Crippen LogP contribution is 2.37. The van der Waals surface area contributed by atoms with Crippen molar-refractivity contribution in [2.75, 3.05) is 38.2 Å². The number of carbonyl (C=O) groups is 2.